The normalized spacial score (nSPS) is 10.7. The van der Waals surface area contributed by atoms with E-state index in [0.29, 0.717) is 38.4 Å². The average Bonchev–Trinajstić information content (AvgIpc) is 3.09. The highest BCUT2D eigenvalue weighted by molar-refractivity contribution is 7.98. The van der Waals surface area contributed by atoms with Crippen LogP contribution in [0.4, 0.5) is 0 Å². The third-order valence-electron chi connectivity index (χ3n) is 3.40. The van der Waals surface area contributed by atoms with Crippen LogP contribution in [0.3, 0.4) is 0 Å². The van der Waals surface area contributed by atoms with Gasteiger partial charge in [0.1, 0.15) is 0 Å². The van der Waals surface area contributed by atoms with Gasteiger partial charge in [-0.1, -0.05) is 41.0 Å². The summed E-state index contributed by atoms with van der Waals surface area (Å²) in [5.41, 5.74) is 1.70. The van der Waals surface area contributed by atoms with Crippen molar-refractivity contribution in [2.24, 2.45) is 0 Å². The largest absolute Gasteiger partial charge is 0.493 e. The zero-order chi connectivity index (χ0) is 17.8. The number of thioether (sulfide) groups is 1. The molecule has 0 spiro atoms. The van der Waals surface area contributed by atoms with E-state index in [1.807, 2.05) is 12.1 Å². The maximum absolute atomic E-state index is 6.17. The van der Waals surface area contributed by atoms with Crippen LogP contribution in [0.15, 0.2) is 46.0 Å². The molecular weight excluding hydrogens is 383 g/mol. The lowest BCUT2D eigenvalue weighted by atomic mass is 10.2. The molecule has 0 aliphatic rings. The average molecular weight is 397 g/mol. The minimum atomic E-state index is 0.408. The van der Waals surface area contributed by atoms with E-state index in [4.69, 9.17) is 37.1 Å². The number of aromatic nitrogens is 2. The molecule has 0 aliphatic heterocycles. The molecule has 1 aromatic heterocycles. The number of hydrogen-bond donors (Lipinski definition) is 0. The van der Waals surface area contributed by atoms with Gasteiger partial charge in [-0.3, -0.25) is 0 Å². The third kappa shape index (κ3) is 4.21. The lowest BCUT2D eigenvalue weighted by Gasteiger charge is -2.07. The molecule has 0 fully saturated rings. The Morgan fingerprint density at radius 1 is 1.00 bits per heavy atom. The van der Waals surface area contributed by atoms with Crippen LogP contribution in [0.25, 0.3) is 11.5 Å². The Bertz CT molecular complexity index is 886. The second kappa shape index (κ2) is 7.99. The number of ether oxygens (including phenoxy) is 2. The minimum absolute atomic E-state index is 0.408. The van der Waals surface area contributed by atoms with Crippen LogP contribution >= 0.6 is 35.0 Å². The second-order valence-corrected chi connectivity index (χ2v) is 6.74. The molecule has 1 heterocycles. The topological polar surface area (TPSA) is 57.4 Å². The highest BCUT2D eigenvalue weighted by Gasteiger charge is 2.13. The summed E-state index contributed by atoms with van der Waals surface area (Å²) in [5.74, 6) is 2.24. The number of methoxy groups -OCH3 is 2. The van der Waals surface area contributed by atoms with E-state index in [0.717, 1.165) is 11.1 Å². The van der Waals surface area contributed by atoms with Gasteiger partial charge in [-0.05, 0) is 35.9 Å². The van der Waals surface area contributed by atoms with Crippen molar-refractivity contribution >= 4 is 35.0 Å². The number of hydrogen-bond acceptors (Lipinski definition) is 6. The van der Waals surface area contributed by atoms with Crippen molar-refractivity contribution in [3.05, 3.63) is 52.0 Å². The van der Waals surface area contributed by atoms with Crippen LogP contribution in [0, 0.1) is 0 Å². The van der Waals surface area contributed by atoms with E-state index in [1.54, 1.807) is 38.5 Å². The summed E-state index contributed by atoms with van der Waals surface area (Å²) in [6.45, 7) is 0. The molecule has 8 heteroatoms. The van der Waals surface area contributed by atoms with Gasteiger partial charge in [0.05, 0.1) is 14.2 Å². The molecule has 5 nitrogen and oxygen atoms in total. The summed E-state index contributed by atoms with van der Waals surface area (Å²) in [5, 5.41) is 9.81. The summed E-state index contributed by atoms with van der Waals surface area (Å²) in [4.78, 5) is 0. The Balaban J connectivity index is 1.74. The highest BCUT2D eigenvalue weighted by Crippen LogP contribution is 2.33. The molecule has 2 aromatic carbocycles. The molecule has 0 N–H and O–H groups in total. The van der Waals surface area contributed by atoms with Gasteiger partial charge in [-0.2, -0.15) is 0 Å². The van der Waals surface area contributed by atoms with Crippen LogP contribution in [0.2, 0.25) is 10.0 Å². The lowest BCUT2D eigenvalue weighted by molar-refractivity contribution is 0.355. The molecule has 130 valence electrons. The molecule has 0 saturated heterocycles. The molecule has 0 radical (unpaired) electrons. The van der Waals surface area contributed by atoms with E-state index >= 15 is 0 Å². The van der Waals surface area contributed by atoms with Crippen LogP contribution in [0.5, 0.6) is 11.5 Å². The first-order valence-electron chi connectivity index (χ1n) is 7.23. The number of rotatable bonds is 6. The Morgan fingerprint density at radius 2 is 1.80 bits per heavy atom. The zero-order valence-corrected chi connectivity index (χ0v) is 15.8. The van der Waals surface area contributed by atoms with Crippen LogP contribution in [-0.2, 0) is 5.75 Å². The van der Waals surface area contributed by atoms with Crippen LogP contribution in [-0.4, -0.2) is 24.4 Å². The Hall–Kier alpha value is -1.89. The molecule has 0 saturated carbocycles. The van der Waals surface area contributed by atoms with Crippen molar-refractivity contribution in [2.75, 3.05) is 14.2 Å². The van der Waals surface area contributed by atoms with Gasteiger partial charge in [-0.25, -0.2) is 0 Å². The van der Waals surface area contributed by atoms with Crippen molar-refractivity contribution in [1.29, 1.82) is 0 Å². The molecule has 0 bridgehead atoms. The van der Waals surface area contributed by atoms with Gasteiger partial charge in [0.25, 0.3) is 5.22 Å². The lowest BCUT2D eigenvalue weighted by Crippen LogP contribution is -1.90. The molecule has 3 rings (SSSR count). The van der Waals surface area contributed by atoms with Crippen molar-refractivity contribution in [3.63, 3.8) is 0 Å². The summed E-state index contributed by atoms with van der Waals surface area (Å²) < 4.78 is 16.2. The molecular formula is C17H14Cl2N2O3S. The van der Waals surface area contributed by atoms with Gasteiger partial charge in [0.15, 0.2) is 11.5 Å². The van der Waals surface area contributed by atoms with E-state index in [-0.39, 0.29) is 0 Å². The maximum atomic E-state index is 6.17. The smallest absolute Gasteiger partial charge is 0.277 e. The Kier molecular flexibility index (Phi) is 5.73. The second-order valence-electron chi connectivity index (χ2n) is 4.97. The summed E-state index contributed by atoms with van der Waals surface area (Å²) >= 11 is 13.5. The van der Waals surface area contributed by atoms with Crippen LogP contribution < -0.4 is 9.47 Å². The van der Waals surface area contributed by atoms with Gasteiger partial charge >= 0.3 is 0 Å². The molecule has 25 heavy (non-hydrogen) atoms. The fraction of sp³-hybridized carbons (Fsp3) is 0.176. The van der Waals surface area contributed by atoms with Gasteiger partial charge in [0.2, 0.25) is 5.89 Å². The van der Waals surface area contributed by atoms with Gasteiger partial charge in [0, 0.05) is 21.4 Å². The fourth-order valence-electron chi connectivity index (χ4n) is 2.13. The SMILES string of the molecule is COc1ccc(-c2nnc(SCc3ccc(Cl)cc3Cl)o2)cc1OC. The first-order valence-corrected chi connectivity index (χ1v) is 8.97. The number of benzene rings is 2. The van der Waals surface area contributed by atoms with E-state index in [2.05, 4.69) is 10.2 Å². The molecule has 3 aromatic rings. The molecule has 0 atom stereocenters. The Morgan fingerprint density at radius 3 is 2.52 bits per heavy atom. The van der Waals surface area contributed by atoms with Crippen LogP contribution in [0.1, 0.15) is 5.56 Å². The summed E-state index contributed by atoms with van der Waals surface area (Å²) in [6, 6.07) is 10.8. The third-order valence-corrected chi connectivity index (χ3v) is 4.86. The number of halogens is 2. The minimum Gasteiger partial charge on any atom is -0.493 e. The predicted octanol–water partition coefficient (Wildman–Crippen LogP) is 5.35. The van der Waals surface area contributed by atoms with Crippen molar-refractivity contribution < 1.29 is 13.9 Å². The Labute approximate surface area is 159 Å². The molecule has 0 unspecified atom stereocenters. The van der Waals surface area contributed by atoms with E-state index in [9.17, 15) is 0 Å². The zero-order valence-electron chi connectivity index (χ0n) is 13.5. The standard InChI is InChI=1S/C17H14Cl2N2O3S/c1-22-14-6-4-10(7-15(14)23-2)16-20-21-17(24-16)25-9-11-3-5-12(18)8-13(11)19/h3-8H,9H2,1-2H3. The van der Waals surface area contributed by atoms with E-state index < -0.39 is 0 Å². The first kappa shape index (κ1) is 17.9. The maximum Gasteiger partial charge on any atom is 0.277 e. The quantitative estimate of drug-likeness (QED) is 0.523. The molecule has 0 aliphatic carbocycles. The highest BCUT2D eigenvalue weighted by atomic mass is 35.5. The fourth-order valence-corrected chi connectivity index (χ4v) is 3.45. The predicted molar refractivity (Wildman–Crippen MR) is 98.9 cm³/mol. The van der Waals surface area contributed by atoms with Crippen molar-refractivity contribution in [1.82, 2.24) is 10.2 Å². The van der Waals surface area contributed by atoms with Crippen molar-refractivity contribution in [2.45, 2.75) is 11.0 Å². The van der Waals surface area contributed by atoms with E-state index in [1.165, 1.54) is 11.8 Å². The summed E-state index contributed by atoms with van der Waals surface area (Å²) in [7, 11) is 3.16. The van der Waals surface area contributed by atoms with Crippen molar-refractivity contribution in [3.8, 4) is 23.0 Å². The molecule has 0 amide bonds. The monoisotopic (exact) mass is 396 g/mol. The number of nitrogens with zero attached hydrogens (tertiary/aromatic N) is 2. The summed E-state index contributed by atoms with van der Waals surface area (Å²) in [6.07, 6.45) is 0. The van der Waals surface area contributed by atoms with Gasteiger partial charge < -0.3 is 13.9 Å². The van der Waals surface area contributed by atoms with Gasteiger partial charge in [-0.15, -0.1) is 10.2 Å². The first-order chi connectivity index (χ1) is 12.1.